The van der Waals surface area contributed by atoms with Crippen LogP contribution >= 0.6 is 0 Å². The molecule has 0 N–H and O–H groups in total. The molecular formula is C88H68N2. The number of rotatable bonds is 8. The highest BCUT2D eigenvalue weighted by Gasteiger charge is 2.38. The molecule has 0 atom stereocenters. The molecule has 430 valence electrons. The first kappa shape index (κ1) is 53.7. The van der Waals surface area contributed by atoms with Crippen molar-refractivity contribution in [3.8, 4) is 44.5 Å². The second-order valence-corrected chi connectivity index (χ2v) is 27.3. The lowest BCUT2D eigenvalue weighted by molar-refractivity contribution is 0.590. The first-order chi connectivity index (χ1) is 43.7. The lowest BCUT2D eigenvalue weighted by Crippen LogP contribution is -2.17. The van der Waals surface area contributed by atoms with Crippen molar-refractivity contribution in [2.45, 2.75) is 64.7 Å². The molecule has 0 heterocycles. The van der Waals surface area contributed by atoms with Crippen LogP contribution in [0.2, 0.25) is 0 Å². The quantitative estimate of drug-likeness (QED) is 0.111. The molecule has 0 bridgehead atoms. The molecule has 15 aromatic rings. The first-order valence-corrected chi connectivity index (χ1v) is 31.9. The molecule has 0 unspecified atom stereocenters. The number of hydrogen-bond acceptors (Lipinski definition) is 2. The normalized spacial score (nSPS) is 13.7. The molecule has 0 radical (unpaired) electrons. The lowest BCUT2D eigenvalue weighted by atomic mass is 9.82. The average molecular weight is 1150 g/mol. The lowest BCUT2D eigenvalue weighted by Gasteiger charge is -2.30. The van der Waals surface area contributed by atoms with E-state index in [4.69, 9.17) is 0 Å². The van der Waals surface area contributed by atoms with Crippen LogP contribution < -0.4 is 9.80 Å². The Hall–Kier alpha value is -10.5. The Labute approximate surface area is 527 Å². The van der Waals surface area contributed by atoms with E-state index in [0.717, 1.165) is 34.1 Å². The number of benzene rings is 15. The topological polar surface area (TPSA) is 6.48 Å². The number of nitrogens with zero attached hydrogens (tertiary/aromatic N) is 2. The van der Waals surface area contributed by atoms with E-state index in [9.17, 15) is 0 Å². The minimum absolute atomic E-state index is 0.00520. The summed E-state index contributed by atoms with van der Waals surface area (Å²) in [6, 6.07) is 108. The summed E-state index contributed by atoms with van der Waals surface area (Å²) in [7, 11) is 0. The predicted octanol–water partition coefficient (Wildman–Crippen LogP) is 24.8. The minimum atomic E-state index is -0.185. The Kier molecular flexibility index (Phi) is 11.9. The van der Waals surface area contributed by atoms with Crippen LogP contribution in [0.1, 0.15) is 76.3 Å². The largest absolute Gasteiger partial charge is 0.310 e. The van der Waals surface area contributed by atoms with Crippen molar-refractivity contribution in [1.82, 2.24) is 0 Å². The first-order valence-electron chi connectivity index (χ1n) is 31.9. The third kappa shape index (κ3) is 8.38. The molecule has 0 spiro atoms. The highest BCUT2D eigenvalue weighted by molar-refractivity contribution is 6.24. The van der Waals surface area contributed by atoms with Crippen LogP contribution in [0.5, 0.6) is 0 Å². The van der Waals surface area contributed by atoms with Gasteiger partial charge in [0.1, 0.15) is 0 Å². The fourth-order valence-electron chi connectivity index (χ4n) is 15.6. The summed E-state index contributed by atoms with van der Waals surface area (Å²) in [6.07, 6.45) is 0. The van der Waals surface area contributed by atoms with Crippen LogP contribution in [0, 0.1) is 0 Å². The van der Waals surface area contributed by atoms with Crippen LogP contribution in [-0.4, -0.2) is 0 Å². The van der Waals surface area contributed by atoms with Gasteiger partial charge in [0.05, 0.1) is 0 Å². The highest BCUT2D eigenvalue weighted by atomic mass is 15.1. The molecule has 2 nitrogen and oxygen atoms in total. The monoisotopic (exact) mass is 1150 g/mol. The molecule has 0 saturated heterocycles. The highest BCUT2D eigenvalue weighted by Crippen LogP contribution is 2.55. The third-order valence-corrected chi connectivity index (χ3v) is 20.3. The third-order valence-electron chi connectivity index (χ3n) is 20.3. The SMILES string of the molecule is CC(C)(C)c1ccc(N(c2ccc3c(c2)C(C)(C)c2ccccc2-3)c2ccc3c(-c4ccc5c(ccc6ccccc65)c4)c4cc(N(c5ccc6c(c5)C(C)(C)c5ccccc5-6)c5ccc6ccccc6c5)ccc4c(-c4ccc5ccccc5c4)c3c2)cc1. The van der Waals surface area contributed by atoms with E-state index < -0.39 is 0 Å². The fourth-order valence-corrected chi connectivity index (χ4v) is 15.6. The standard InChI is InChI=1S/C88H68N2/c1-86(2,3)63-34-37-64(38-35-63)89(68-39-44-74-72-24-14-16-26-80(72)87(4,5)82(74)53-68)66-41-46-77-78(51-66)84(61-31-28-55-18-8-10-21-58(55)48-61)76-47-42-67(52-79(76)85(77)62-33-43-71-60(49-62)30-29-57-20-12-13-23-70(57)71)90(65-36-32-56-19-9-11-22-59(56)50-65)69-40-45-75-73-25-15-17-27-81(73)88(6,7)83(75)54-69/h8-54H,1-7H3. The summed E-state index contributed by atoms with van der Waals surface area (Å²) in [5.41, 5.74) is 23.0. The minimum Gasteiger partial charge on any atom is -0.310 e. The van der Waals surface area contributed by atoms with E-state index in [1.54, 1.807) is 0 Å². The summed E-state index contributed by atoms with van der Waals surface area (Å²) in [4.78, 5) is 5.01. The van der Waals surface area contributed by atoms with Crippen LogP contribution in [0.3, 0.4) is 0 Å². The maximum absolute atomic E-state index is 2.50. The van der Waals surface area contributed by atoms with E-state index in [1.807, 2.05) is 0 Å². The molecule has 0 fully saturated rings. The van der Waals surface area contributed by atoms with Crippen molar-refractivity contribution in [2.24, 2.45) is 0 Å². The van der Waals surface area contributed by atoms with E-state index in [1.165, 1.54) is 137 Å². The zero-order valence-corrected chi connectivity index (χ0v) is 52.0. The summed E-state index contributed by atoms with van der Waals surface area (Å²) >= 11 is 0. The summed E-state index contributed by atoms with van der Waals surface area (Å²) in [6.45, 7) is 16.4. The Balaban J connectivity index is 0.959. The molecule has 0 saturated carbocycles. The molecule has 15 aromatic carbocycles. The molecule has 2 heteroatoms. The van der Waals surface area contributed by atoms with Crippen LogP contribution in [0.4, 0.5) is 34.1 Å². The second kappa shape index (κ2) is 20.0. The second-order valence-electron chi connectivity index (χ2n) is 27.3. The van der Waals surface area contributed by atoms with Gasteiger partial charge in [-0.15, -0.1) is 0 Å². The van der Waals surface area contributed by atoms with Gasteiger partial charge in [-0.2, -0.15) is 0 Å². The van der Waals surface area contributed by atoms with Gasteiger partial charge < -0.3 is 9.80 Å². The molecule has 0 aromatic heterocycles. The number of hydrogen-bond donors (Lipinski definition) is 0. The average Bonchev–Trinajstić information content (AvgIpc) is 1.05. The maximum atomic E-state index is 2.50. The number of anilines is 6. The summed E-state index contributed by atoms with van der Waals surface area (Å²) in [5.74, 6) is 0. The van der Waals surface area contributed by atoms with Gasteiger partial charge in [0.25, 0.3) is 0 Å². The van der Waals surface area contributed by atoms with Crippen molar-refractivity contribution < 1.29 is 0 Å². The Morgan fingerprint density at radius 3 is 1.19 bits per heavy atom. The van der Waals surface area contributed by atoms with Gasteiger partial charge in [-0.25, -0.2) is 0 Å². The zero-order chi connectivity index (χ0) is 60.8. The fraction of sp³-hybridized carbons (Fsp3) is 0.114. The van der Waals surface area contributed by atoms with Crippen molar-refractivity contribution in [3.63, 3.8) is 0 Å². The Bertz CT molecular complexity index is 5480. The Morgan fingerprint density at radius 1 is 0.244 bits per heavy atom. The molecule has 2 aliphatic rings. The predicted molar refractivity (Wildman–Crippen MR) is 386 cm³/mol. The molecule has 0 amide bonds. The maximum Gasteiger partial charge on any atom is 0.0468 e. The molecule has 2 aliphatic carbocycles. The van der Waals surface area contributed by atoms with Crippen molar-refractivity contribution in [2.75, 3.05) is 9.80 Å². The van der Waals surface area contributed by atoms with Crippen LogP contribution in [-0.2, 0) is 16.2 Å². The van der Waals surface area contributed by atoms with Crippen LogP contribution in [0.15, 0.2) is 285 Å². The summed E-state index contributed by atoms with van der Waals surface area (Å²) < 4.78 is 0. The molecule has 17 rings (SSSR count). The van der Waals surface area contributed by atoms with Gasteiger partial charge in [-0.3, -0.25) is 0 Å². The van der Waals surface area contributed by atoms with Gasteiger partial charge >= 0.3 is 0 Å². The van der Waals surface area contributed by atoms with Gasteiger partial charge in [-0.1, -0.05) is 249 Å². The van der Waals surface area contributed by atoms with E-state index in [-0.39, 0.29) is 16.2 Å². The molecule has 90 heavy (non-hydrogen) atoms. The van der Waals surface area contributed by atoms with E-state index >= 15 is 0 Å². The molecular weight excluding hydrogens is 1080 g/mol. The van der Waals surface area contributed by atoms with Crippen LogP contribution in [0.25, 0.3) is 109 Å². The van der Waals surface area contributed by atoms with Gasteiger partial charge in [-0.05, 0) is 227 Å². The van der Waals surface area contributed by atoms with E-state index in [0.29, 0.717) is 0 Å². The van der Waals surface area contributed by atoms with Gasteiger partial charge in [0, 0.05) is 45.0 Å². The van der Waals surface area contributed by atoms with Crippen molar-refractivity contribution in [3.05, 3.63) is 313 Å². The zero-order valence-electron chi connectivity index (χ0n) is 52.0. The van der Waals surface area contributed by atoms with Crippen molar-refractivity contribution in [1.29, 1.82) is 0 Å². The van der Waals surface area contributed by atoms with Gasteiger partial charge in [0.15, 0.2) is 0 Å². The van der Waals surface area contributed by atoms with E-state index in [2.05, 4.69) is 343 Å². The summed E-state index contributed by atoms with van der Waals surface area (Å²) in [5, 5.41) is 14.6. The molecule has 0 aliphatic heterocycles. The Morgan fingerprint density at radius 2 is 0.611 bits per heavy atom. The smallest absolute Gasteiger partial charge is 0.0468 e. The van der Waals surface area contributed by atoms with Crippen molar-refractivity contribution >= 4 is 98.8 Å². The van der Waals surface area contributed by atoms with Gasteiger partial charge in [0.2, 0.25) is 0 Å². The number of fused-ring (bicyclic) bond motifs is 13.